The van der Waals surface area contributed by atoms with Gasteiger partial charge in [-0.2, -0.15) is 0 Å². The van der Waals surface area contributed by atoms with Crippen LogP contribution in [0.4, 0.5) is 0 Å². The van der Waals surface area contributed by atoms with Crippen LogP contribution in [0.5, 0.6) is 17.2 Å². The highest BCUT2D eigenvalue weighted by Crippen LogP contribution is 2.17. The molecule has 0 unspecified atom stereocenters. The van der Waals surface area contributed by atoms with E-state index in [1.807, 2.05) is 6.92 Å². The Morgan fingerprint density at radius 3 is 2.07 bits per heavy atom. The van der Waals surface area contributed by atoms with E-state index in [4.69, 9.17) is 14.2 Å². The molecule has 2 aromatic rings. The molecular weight excluding hydrogens is 396 g/mol. The molecule has 9 heteroatoms. The Balaban J connectivity index is 1.68. The lowest BCUT2D eigenvalue weighted by Crippen LogP contribution is -2.36. The van der Waals surface area contributed by atoms with E-state index in [0.29, 0.717) is 18.1 Å². The molecule has 0 fully saturated rings. The van der Waals surface area contributed by atoms with E-state index in [0.717, 1.165) is 12.2 Å². The van der Waals surface area contributed by atoms with Gasteiger partial charge in [-0.05, 0) is 55.0 Å². The topological polar surface area (TPSA) is 103 Å². The third-order valence-corrected chi connectivity index (χ3v) is 5.25. The Bertz CT molecular complexity index is 867. The second-order valence-corrected chi connectivity index (χ2v) is 7.80. The van der Waals surface area contributed by atoms with Gasteiger partial charge in [0.1, 0.15) is 17.2 Å². The van der Waals surface area contributed by atoms with Crippen LogP contribution in [0, 0.1) is 0 Å². The van der Waals surface area contributed by atoms with Gasteiger partial charge in [0.2, 0.25) is 10.0 Å². The summed E-state index contributed by atoms with van der Waals surface area (Å²) in [5, 5.41) is 2.60. The summed E-state index contributed by atoms with van der Waals surface area (Å²) in [5.74, 6) is 1.51. The molecule has 8 nitrogen and oxygen atoms in total. The lowest BCUT2D eigenvalue weighted by molar-refractivity contribution is -0.123. The number of methoxy groups -OCH3 is 1. The van der Waals surface area contributed by atoms with Gasteiger partial charge in [0.25, 0.3) is 5.91 Å². The van der Waals surface area contributed by atoms with Gasteiger partial charge >= 0.3 is 0 Å². The number of benzene rings is 2. The number of hydrogen-bond donors (Lipinski definition) is 2. The standard InChI is InChI=1S/C20H26N2O6S/c1-3-14-27-17-4-6-18(7-5-17)28-15-20(23)21-12-13-22-29(24,25)19-10-8-16(26-2)9-11-19/h4-11,22H,3,12-15H2,1-2H3,(H,21,23). The Labute approximate surface area is 171 Å². The number of nitrogens with one attached hydrogen (secondary N) is 2. The fourth-order valence-corrected chi connectivity index (χ4v) is 3.31. The van der Waals surface area contributed by atoms with Crippen molar-refractivity contribution >= 4 is 15.9 Å². The largest absolute Gasteiger partial charge is 0.497 e. The zero-order valence-electron chi connectivity index (χ0n) is 16.5. The first-order chi connectivity index (χ1) is 13.9. The van der Waals surface area contributed by atoms with Crippen LogP contribution < -0.4 is 24.2 Å². The second-order valence-electron chi connectivity index (χ2n) is 6.03. The van der Waals surface area contributed by atoms with E-state index in [-0.39, 0.29) is 30.5 Å². The fraction of sp³-hybridized carbons (Fsp3) is 0.350. The minimum Gasteiger partial charge on any atom is -0.497 e. The van der Waals surface area contributed by atoms with Crippen molar-refractivity contribution in [2.75, 3.05) is 33.4 Å². The highest BCUT2D eigenvalue weighted by molar-refractivity contribution is 7.89. The molecule has 158 valence electrons. The van der Waals surface area contributed by atoms with Crippen LogP contribution in [0.1, 0.15) is 13.3 Å². The monoisotopic (exact) mass is 422 g/mol. The summed E-state index contributed by atoms with van der Waals surface area (Å²) in [6.07, 6.45) is 0.925. The Hall–Kier alpha value is -2.78. The van der Waals surface area contributed by atoms with Crippen molar-refractivity contribution in [2.45, 2.75) is 18.2 Å². The fourth-order valence-electron chi connectivity index (χ4n) is 2.28. The number of sulfonamides is 1. The zero-order valence-corrected chi connectivity index (χ0v) is 17.3. The maximum absolute atomic E-state index is 12.2. The van der Waals surface area contributed by atoms with Gasteiger partial charge in [0.15, 0.2) is 6.61 Å². The molecule has 0 spiro atoms. The Morgan fingerprint density at radius 1 is 0.897 bits per heavy atom. The molecular formula is C20H26N2O6S. The summed E-state index contributed by atoms with van der Waals surface area (Å²) in [6, 6.07) is 13.0. The molecule has 0 radical (unpaired) electrons. The summed E-state index contributed by atoms with van der Waals surface area (Å²) in [5.41, 5.74) is 0. The van der Waals surface area contributed by atoms with Crippen molar-refractivity contribution in [3.8, 4) is 17.2 Å². The van der Waals surface area contributed by atoms with Gasteiger partial charge in [-0.1, -0.05) is 6.92 Å². The lowest BCUT2D eigenvalue weighted by Gasteiger charge is -2.10. The molecule has 0 aromatic heterocycles. The van der Waals surface area contributed by atoms with Gasteiger partial charge in [0, 0.05) is 13.1 Å². The molecule has 0 aliphatic heterocycles. The first kappa shape index (κ1) is 22.5. The number of carbonyl (C=O) groups is 1. The molecule has 1 amide bonds. The second kappa shape index (κ2) is 11.3. The number of hydrogen-bond acceptors (Lipinski definition) is 6. The van der Waals surface area contributed by atoms with Crippen molar-refractivity contribution < 1.29 is 27.4 Å². The van der Waals surface area contributed by atoms with Gasteiger partial charge in [-0.15, -0.1) is 0 Å². The van der Waals surface area contributed by atoms with Gasteiger partial charge in [-0.3, -0.25) is 4.79 Å². The third-order valence-electron chi connectivity index (χ3n) is 3.78. The van der Waals surface area contributed by atoms with Crippen LogP contribution in [0.15, 0.2) is 53.4 Å². The molecule has 0 aliphatic carbocycles. The van der Waals surface area contributed by atoms with Crippen LogP contribution in [-0.4, -0.2) is 47.7 Å². The molecule has 0 heterocycles. The first-order valence-electron chi connectivity index (χ1n) is 9.20. The molecule has 0 saturated carbocycles. The average molecular weight is 423 g/mol. The molecule has 2 N–H and O–H groups in total. The summed E-state index contributed by atoms with van der Waals surface area (Å²) >= 11 is 0. The number of rotatable bonds is 12. The van der Waals surface area contributed by atoms with E-state index in [1.165, 1.54) is 19.2 Å². The van der Waals surface area contributed by atoms with E-state index in [9.17, 15) is 13.2 Å². The van der Waals surface area contributed by atoms with Crippen LogP contribution in [-0.2, 0) is 14.8 Å². The minimum absolute atomic E-state index is 0.0591. The van der Waals surface area contributed by atoms with Crippen LogP contribution in [0.25, 0.3) is 0 Å². The van der Waals surface area contributed by atoms with Crippen LogP contribution in [0.2, 0.25) is 0 Å². The predicted molar refractivity (Wildman–Crippen MR) is 109 cm³/mol. The summed E-state index contributed by atoms with van der Waals surface area (Å²) < 4.78 is 42.7. The van der Waals surface area contributed by atoms with Crippen molar-refractivity contribution in [1.82, 2.24) is 10.0 Å². The van der Waals surface area contributed by atoms with Crippen molar-refractivity contribution in [3.63, 3.8) is 0 Å². The number of ether oxygens (including phenoxy) is 3. The number of carbonyl (C=O) groups excluding carboxylic acids is 1. The molecule has 0 aliphatic rings. The van der Waals surface area contributed by atoms with Gasteiger partial charge in [0.05, 0.1) is 18.6 Å². The highest BCUT2D eigenvalue weighted by Gasteiger charge is 2.13. The Kier molecular flexibility index (Phi) is 8.75. The Morgan fingerprint density at radius 2 is 1.48 bits per heavy atom. The summed E-state index contributed by atoms with van der Waals surface area (Å²) in [6.45, 7) is 2.70. The number of amides is 1. The maximum Gasteiger partial charge on any atom is 0.257 e. The summed E-state index contributed by atoms with van der Waals surface area (Å²) in [4.78, 5) is 12.0. The van der Waals surface area contributed by atoms with E-state index in [2.05, 4.69) is 10.0 Å². The molecule has 29 heavy (non-hydrogen) atoms. The normalized spacial score (nSPS) is 11.0. The van der Waals surface area contributed by atoms with Gasteiger partial charge < -0.3 is 19.5 Å². The van der Waals surface area contributed by atoms with Gasteiger partial charge in [-0.25, -0.2) is 13.1 Å². The lowest BCUT2D eigenvalue weighted by atomic mass is 10.3. The van der Waals surface area contributed by atoms with Crippen LogP contribution >= 0.6 is 0 Å². The molecule has 0 saturated heterocycles. The van der Waals surface area contributed by atoms with Crippen molar-refractivity contribution in [3.05, 3.63) is 48.5 Å². The molecule has 0 bridgehead atoms. The SMILES string of the molecule is CCCOc1ccc(OCC(=O)NCCNS(=O)(=O)c2ccc(OC)cc2)cc1. The molecule has 2 rings (SSSR count). The zero-order chi connectivity index (χ0) is 21.1. The maximum atomic E-state index is 12.2. The van der Waals surface area contributed by atoms with Crippen molar-refractivity contribution in [1.29, 1.82) is 0 Å². The van der Waals surface area contributed by atoms with E-state index < -0.39 is 10.0 Å². The molecule has 2 aromatic carbocycles. The summed E-state index contributed by atoms with van der Waals surface area (Å²) in [7, 11) is -2.14. The average Bonchev–Trinajstić information content (AvgIpc) is 2.74. The first-order valence-corrected chi connectivity index (χ1v) is 10.7. The van der Waals surface area contributed by atoms with E-state index >= 15 is 0 Å². The van der Waals surface area contributed by atoms with E-state index in [1.54, 1.807) is 36.4 Å². The van der Waals surface area contributed by atoms with Crippen molar-refractivity contribution in [2.24, 2.45) is 0 Å². The quantitative estimate of drug-likeness (QED) is 0.507. The predicted octanol–water partition coefficient (Wildman–Crippen LogP) is 1.96. The molecule has 0 atom stereocenters. The minimum atomic E-state index is -3.65. The van der Waals surface area contributed by atoms with Crippen LogP contribution in [0.3, 0.4) is 0 Å². The highest BCUT2D eigenvalue weighted by atomic mass is 32.2. The third kappa shape index (κ3) is 7.63. The smallest absolute Gasteiger partial charge is 0.257 e.